The summed E-state index contributed by atoms with van der Waals surface area (Å²) in [6.07, 6.45) is 2.75. The van der Waals surface area contributed by atoms with Crippen molar-refractivity contribution in [2.45, 2.75) is 64.5 Å². The number of imide groups is 2. The molecule has 0 spiro atoms. The Balaban J connectivity index is 1.13. The first kappa shape index (κ1) is 29.0. The number of amides is 5. The van der Waals surface area contributed by atoms with Crippen LogP contribution in [0.25, 0.3) is 0 Å². The molecule has 1 aromatic rings. The molecule has 5 rings (SSSR count). The molecular weight excluding hydrogens is 533 g/mol. The van der Waals surface area contributed by atoms with Gasteiger partial charge in [-0.15, -0.1) is 0 Å². The van der Waals surface area contributed by atoms with Gasteiger partial charge in [0.1, 0.15) is 17.5 Å². The van der Waals surface area contributed by atoms with Crippen molar-refractivity contribution in [3.8, 4) is 0 Å². The number of hydrogen-bond acceptors (Lipinski definition) is 8. The molecule has 3 saturated heterocycles. The maximum Gasteiger partial charge on any atom is 0.410 e. The number of benzene rings is 1. The number of halogens is 1. The number of nitrogens with zero attached hydrogens (tertiary/aromatic N) is 4. The summed E-state index contributed by atoms with van der Waals surface area (Å²) in [5.74, 6) is -2.54. The highest BCUT2D eigenvalue weighted by Gasteiger charge is 2.45. The third-order valence-corrected chi connectivity index (χ3v) is 8.34. The minimum absolute atomic E-state index is 0.0268. The van der Waals surface area contributed by atoms with Crippen LogP contribution in [0.4, 0.5) is 14.9 Å². The van der Waals surface area contributed by atoms with Gasteiger partial charge in [-0.05, 0) is 71.0 Å². The Morgan fingerprint density at radius 1 is 0.951 bits per heavy atom. The Morgan fingerprint density at radius 3 is 2.20 bits per heavy atom. The zero-order chi connectivity index (χ0) is 29.5. The van der Waals surface area contributed by atoms with Crippen LogP contribution < -0.4 is 10.2 Å². The number of nitrogens with one attached hydrogen (secondary N) is 1. The van der Waals surface area contributed by atoms with Crippen LogP contribution in [-0.2, 0) is 14.3 Å². The highest BCUT2D eigenvalue weighted by Crippen LogP contribution is 2.33. The Morgan fingerprint density at radius 2 is 1.59 bits per heavy atom. The summed E-state index contributed by atoms with van der Waals surface area (Å²) >= 11 is 0. The minimum Gasteiger partial charge on any atom is -0.444 e. The lowest BCUT2D eigenvalue weighted by Gasteiger charge is -2.38. The van der Waals surface area contributed by atoms with Crippen molar-refractivity contribution in [1.29, 1.82) is 0 Å². The third-order valence-electron chi connectivity index (χ3n) is 8.34. The summed E-state index contributed by atoms with van der Waals surface area (Å²) in [5.41, 5.74) is -0.209. The second-order valence-corrected chi connectivity index (χ2v) is 12.3. The van der Waals surface area contributed by atoms with Crippen molar-refractivity contribution < 1.29 is 33.1 Å². The van der Waals surface area contributed by atoms with E-state index in [2.05, 4.69) is 10.2 Å². The molecule has 0 aromatic heterocycles. The first-order valence-corrected chi connectivity index (χ1v) is 14.4. The molecular formula is C29H38FN5O6. The standard InChI is InChI=1S/C29H38FN5O6/c1-29(2,3)41-28(40)34-10-7-18(8-11-34)6-9-32-12-14-33(15-13-32)23-17-20-19(16-21(23)30)26(38)35(27(20)39)22-4-5-24(36)31-25(22)37/h16-18,22H,4-15H2,1-3H3,(H,31,36,37). The lowest BCUT2D eigenvalue weighted by Crippen LogP contribution is -2.54. The maximum absolute atomic E-state index is 15.2. The van der Waals surface area contributed by atoms with Crippen molar-refractivity contribution in [3.05, 3.63) is 29.1 Å². The lowest BCUT2D eigenvalue weighted by atomic mass is 9.93. The fourth-order valence-electron chi connectivity index (χ4n) is 6.03. The molecule has 12 heteroatoms. The van der Waals surface area contributed by atoms with Gasteiger partial charge in [0.25, 0.3) is 11.8 Å². The normalized spacial score (nSPS) is 22.7. The smallest absolute Gasteiger partial charge is 0.410 e. The van der Waals surface area contributed by atoms with Crippen LogP contribution in [0.15, 0.2) is 12.1 Å². The topological polar surface area (TPSA) is 120 Å². The second kappa shape index (κ2) is 11.4. The van der Waals surface area contributed by atoms with Crippen LogP contribution in [-0.4, -0.2) is 102 Å². The fraction of sp³-hybridized carbons (Fsp3) is 0.621. The van der Waals surface area contributed by atoms with Crippen LogP contribution in [0.1, 0.15) is 73.6 Å². The van der Waals surface area contributed by atoms with E-state index in [1.807, 2.05) is 25.7 Å². The van der Waals surface area contributed by atoms with Gasteiger partial charge in [0.2, 0.25) is 11.8 Å². The van der Waals surface area contributed by atoms with Crippen LogP contribution in [0.3, 0.4) is 0 Å². The van der Waals surface area contributed by atoms with Gasteiger partial charge in [0.15, 0.2) is 0 Å². The van der Waals surface area contributed by atoms with E-state index in [1.54, 1.807) is 4.90 Å². The summed E-state index contributed by atoms with van der Waals surface area (Å²) in [5, 5.41) is 2.17. The summed E-state index contributed by atoms with van der Waals surface area (Å²) in [6.45, 7) is 10.6. The molecule has 4 heterocycles. The predicted molar refractivity (Wildman–Crippen MR) is 147 cm³/mol. The molecule has 222 valence electrons. The molecule has 0 aliphatic carbocycles. The quantitative estimate of drug-likeness (QED) is 0.535. The summed E-state index contributed by atoms with van der Waals surface area (Å²) in [4.78, 5) is 69.1. The van der Waals surface area contributed by atoms with Crippen molar-refractivity contribution >= 4 is 35.4 Å². The molecule has 11 nitrogen and oxygen atoms in total. The zero-order valence-corrected chi connectivity index (χ0v) is 23.9. The van der Waals surface area contributed by atoms with Gasteiger partial charge >= 0.3 is 6.09 Å². The zero-order valence-electron chi connectivity index (χ0n) is 23.9. The first-order valence-electron chi connectivity index (χ1n) is 14.4. The van der Waals surface area contributed by atoms with Crippen LogP contribution in [0.5, 0.6) is 0 Å². The van der Waals surface area contributed by atoms with Crippen LogP contribution in [0.2, 0.25) is 0 Å². The number of piperazine rings is 1. The number of carbonyl (C=O) groups is 5. The third kappa shape index (κ3) is 6.22. The summed E-state index contributed by atoms with van der Waals surface area (Å²) < 4.78 is 20.7. The highest BCUT2D eigenvalue weighted by molar-refractivity contribution is 6.23. The number of ether oxygens (including phenoxy) is 1. The van der Waals surface area contributed by atoms with Gasteiger partial charge in [-0.2, -0.15) is 0 Å². The average molecular weight is 572 g/mol. The molecule has 1 N–H and O–H groups in total. The predicted octanol–water partition coefficient (Wildman–Crippen LogP) is 2.39. The average Bonchev–Trinajstić information content (AvgIpc) is 3.15. The Kier molecular flexibility index (Phi) is 8.04. The number of hydrogen-bond donors (Lipinski definition) is 1. The number of carbonyl (C=O) groups excluding carboxylic acids is 5. The number of piperidine rings is 2. The van der Waals surface area contributed by atoms with Gasteiger partial charge in [-0.25, -0.2) is 9.18 Å². The number of rotatable bonds is 5. The Hall–Kier alpha value is -3.54. The van der Waals surface area contributed by atoms with Crippen LogP contribution in [0, 0.1) is 11.7 Å². The fourth-order valence-corrected chi connectivity index (χ4v) is 6.03. The molecule has 0 radical (unpaired) electrons. The summed E-state index contributed by atoms with van der Waals surface area (Å²) in [6, 6.07) is 1.43. The maximum atomic E-state index is 15.2. The molecule has 4 aliphatic rings. The van der Waals surface area contributed by atoms with E-state index in [9.17, 15) is 24.0 Å². The molecule has 5 amide bonds. The van der Waals surface area contributed by atoms with Crippen molar-refractivity contribution in [2.24, 2.45) is 5.92 Å². The SMILES string of the molecule is CC(C)(C)OC(=O)N1CCC(CCN2CCN(c3cc4c(cc3F)C(=O)N(C3CCC(=O)NC3=O)C4=O)CC2)CC1. The molecule has 4 aliphatic heterocycles. The van der Waals surface area contributed by atoms with E-state index in [4.69, 9.17) is 4.74 Å². The number of anilines is 1. The molecule has 1 aromatic carbocycles. The van der Waals surface area contributed by atoms with Crippen molar-refractivity contribution in [3.63, 3.8) is 0 Å². The van der Waals surface area contributed by atoms with E-state index >= 15 is 4.39 Å². The number of fused-ring (bicyclic) bond motifs is 1. The molecule has 0 saturated carbocycles. The molecule has 1 unspecified atom stereocenters. The monoisotopic (exact) mass is 571 g/mol. The summed E-state index contributed by atoms with van der Waals surface area (Å²) in [7, 11) is 0. The number of likely N-dealkylation sites (tertiary alicyclic amines) is 1. The van der Waals surface area contributed by atoms with Crippen molar-refractivity contribution in [2.75, 3.05) is 50.7 Å². The lowest BCUT2D eigenvalue weighted by molar-refractivity contribution is -0.136. The van der Waals surface area contributed by atoms with Gasteiger partial charge in [-0.1, -0.05) is 0 Å². The van der Waals surface area contributed by atoms with E-state index in [0.29, 0.717) is 32.1 Å². The van der Waals surface area contributed by atoms with Crippen molar-refractivity contribution in [1.82, 2.24) is 20.0 Å². The van der Waals surface area contributed by atoms with Crippen LogP contribution >= 0.6 is 0 Å². The second-order valence-electron chi connectivity index (χ2n) is 12.3. The van der Waals surface area contributed by atoms with E-state index < -0.39 is 41.1 Å². The van der Waals surface area contributed by atoms with Gasteiger partial charge in [-0.3, -0.25) is 34.3 Å². The van der Waals surface area contributed by atoms with E-state index in [0.717, 1.165) is 49.9 Å². The largest absolute Gasteiger partial charge is 0.444 e. The van der Waals surface area contributed by atoms with Gasteiger partial charge in [0.05, 0.1) is 16.8 Å². The molecule has 3 fully saturated rings. The van der Waals surface area contributed by atoms with Gasteiger partial charge < -0.3 is 14.5 Å². The Bertz CT molecular complexity index is 1250. The Labute approximate surface area is 238 Å². The molecule has 0 bridgehead atoms. The van der Waals surface area contributed by atoms with E-state index in [-0.39, 0.29) is 35.7 Å². The first-order chi connectivity index (χ1) is 19.4. The van der Waals surface area contributed by atoms with E-state index in [1.165, 1.54) is 6.07 Å². The molecule has 41 heavy (non-hydrogen) atoms. The van der Waals surface area contributed by atoms with Gasteiger partial charge in [0, 0.05) is 45.7 Å². The minimum atomic E-state index is -1.08. The molecule has 1 atom stereocenters. The highest BCUT2D eigenvalue weighted by atomic mass is 19.1.